The van der Waals surface area contributed by atoms with Gasteiger partial charge in [-0.1, -0.05) is 53.2 Å². The lowest BCUT2D eigenvalue weighted by atomic mass is 10.2. The summed E-state index contributed by atoms with van der Waals surface area (Å²) in [6, 6.07) is 17.0. The number of rotatable bonds is 4. The smallest absolute Gasteiger partial charge is 0.331 e. The van der Waals surface area contributed by atoms with Crippen LogP contribution in [0.1, 0.15) is 17.0 Å². The zero-order valence-corrected chi connectivity index (χ0v) is 17.0. The monoisotopic (exact) mass is 408 g/mol. The lowest BCUT2D eigenvalue weighted by Gasteiger charge is -2.40. The molecule has 1 aromatic heterocycles. The van der Waals surface area contributed by atoms with Crippen LogP contribution in [0, 0.1) is 6.92 Å². The molecule has 7 heteroatoms. The fourth-order valence-electron chi connectivity index (χ4n) is 3.33. The molecule has 1 aliphatic rings. The Bertz CT molecular complexity index is 1030. The van der Waals surface area contributed by atoms with E-state index in [0.717, 1.165) is 11.3 Å². The van der Waals surface area contributed by atoms with Crippen LogP contribution in [-0.4, -0.2) is 36.5 Å². The van der Waals surface area contributed by atoms with E-state index >= 15 is 0 Å². The largest absolute Gasteiger partial charge is 0.354 e. The van der Waals surface area contributed by atoms with Crippen molar-refractivity contribution < 1.29 is 9.32 Å². The summed E-state index contributed by atoms with van der Waals surface area (Å²) in [5.41, 5.74) is 3.16. The summed E-state index contributed by atoms with van der Waals surface area (Å²) < 4.78 is 5.53. The number of aryl methyl sites for hydroxylation is 1. The van der Waals surface area contributed by atoms with Crippen molar-refractivity contribution in [2.24, 2.45) is 0 Å². The SMILES string of the molecule is Cc1noc(/C=C/c2ccccc2)c1N1CN(C)CN(c2ccc(Cl)cc2)C1=O. The first-order valence-corrected chi connectivity index (χ1v) is 9.63. The van der Waals surface area contributed by atoms with Crippen LogP contribution in [0.4, 0.5) is 16.2 Å². The molecule has 1 fully saturated rings. The Morgan fingerprint density at radius 1 is 1.00 bits per heavy atom. The van der Waals surface area contributed by atoms with Crippen LogP contribution in [0.3, 0.4) is 0 Å². The molecule has 0 unspecified atom stereocenters. The minimum absolute atomic E-state index is 0.133. The molecule has 1 saturated heterocycles. The molecule has 6 nitrogen and oxygen atoms in total. The number of hydrogen-bond donors (Lipinski definition) is 0. The van der Waals surface area contributed by atoms with Gasteiger partial charge in [0.2, 0.25) is 0 Å². The van der Waals surface area contributed by atoms with Gasteiger partial charge in [-0.2, -0.15) is 0 Å². The van der Waals surface area contributed by atoms with Gasteiger partial charge in [-0.15, -0.1) is 0 Å². The first kappa shape index (κ1) is 19.2. The second-order valence-electron chi connectivity index (χ2n) is 6.98. The summed E-state index contributed by atoms with van der Waals surface area (Å²) in [5, 5.41) is 4.73. The van der Waals surface area contributed by atoms with Gasteiger partial charge in [0, 0.05) is 10.7 Å². The number of urea groups is 1. The Morgan fingerprint density at radius 2 is 1.69 bits per heavy atom. The lowest BCUT2D eigenvalue weighted by molar-refractivity contribution is 0.226. The van der Waals surface area contributed by atoms with E-state index in [1.54, 1.807) is 21.9 Å². The third-order valence-electron chi connectivity index (χ3n) is 4.72. The van der Waals surface area contributed by atoms with Crippen LogP contribution in [-0.2, 0) is 0 Å². The van der Waals surface area contributed by atoms with Crippen molar-refractivity contribution in [3.8, 4) is 0 Å². The van der Waals surface area contributed by atoms with Crippen LogP contribution < -0.4 is 9.80 Å². The van der Waals surface area contributed by atoms with Gasteiger partial charge >= 0.3 is 6.03 Å². The zero-order chi connectivity index (χ0) is 20.4. The number of carbonyl (C=O) groups excluding carboxylic acids is 1. The summed E-state index contributed by atoms with van der Waals surface area (Å²) in [4.78, 5) is 18.8. The standard InChI is InChI=1S/C22H21ClN4O2/c1-16-21(20(29-24-16)13-8-17-6-4-3-5-7-17)27-15-25(2)14-26(22(27)28)19-11-9-18(23)10-12-19/h3-13H,14-15H2,1-2H3/b13-8+. The highest BCUT2D eigenvalue weighted by Crippen LogP contribution is 2.31. The molecule has 0 radical (unpaired) electrons. The molecule has 1 aliphatic heterocycles. The molecule has 29 heavy (non-hydrogen) atoms. The minimum atomic E-state index is -0.133. The average molecular weight is 409 g/mol. The predicted molar refractivity (Wildman–Crippen MR) is 116 cm³/mol. The number of nitrogens with zero attached hydrogens (tertiary/aromatic N) is 4. The van der Waals surface area contributed by atoms with Crippen molar-refractivity contribution in [3.05, 3.63) is 76.6 Å². The Labute approximate surface area is 174 Å². The highest BCUT2D eigenvalue weighted by molar-refractivity contribution is 6.30. The van der Waals surface area contributed by atoms with E-state index in [2.05, 4.69) is 5.16 Å². The number of carbonyl (C=O) groups is 1. The van der Waals surface area contributed by atoms with Gasteiger partial charge in [0.15, 0.2) is 5.76 Å². The van der Waals surface area contributed by atoms with Gasteiger partial charge in [0.05, 0.1) is 13.3 Å². The molecule has 0 bridgehead atoms. The van der Waals surface area contributed by atoms with Gasteiger partial charge in [-0.25, -0.2) is 4.79 Å². The first-order valence-electron chi connectivity index (χ1n) is 9.25. The third kappa shape index (κ3) is 4.04. The van der Waals surface area contributed by atoms with Crippen LogP contribution in [0.5, 0.6) is 0 Å². The maximum Gasteiger partial charge on any atom is 0.331 e. The van der Waals surface area contributed by atoms with E-state index in [4.69, 9.17) is 16.1 Å². The van der Waals surface area contributed by atoms with Crippen molar-refractivity contribution in [2.45, 2.75) is 6.92 Å². The van der Waals surface area contributed by atoms with Crippen molar-refractivity contribution in [1.29, 1.82) is 0 Å². The Hall–Kier alpha value is -3.09. The number of anilines is 2. The molecular formula is C22H21ClN4O2. The maximum absolute atomic E-state index is 13.3. The van der Waals surface area contributed by atoms with E-state index in [0.29, 0.717) is 35.5 Å². The van der Waals surface area contributed by atoms with Gasteiger partial charge in [-0.3, -0.25) is 14.7 Å². The second-order valence-corrected chi connectivity index (χ2v) is 7.42. The molecule has 0 spiro atoms. The molecule has 2 aromatic carbocycles. The van der Waals surface area contributed by atoms with Crippen LogP contribution in [0.2, 0.25) is 5.02 Å². The normalized spacial score (nSPS) is 15.5. The molecule has 0 aliphatic carbocycles. The van der Waals surface area contributed by atoms with E-state index in [1.807, 2.05) is 73.5 Å². The van der Waals surface area contributed by atoms with Crippen molar-refractivity contribution in [1.82, 2.24) is 10.1 Å². The van der Waals surface area contributed by atoms with E-state index in [9.17, 15) is 4.79 Å². The summed E-state index contributed by atoms with van der Waals surface area (Å²) in [7, 11) is 1.96. The number of amides is 2. The third-order valence-corrected chi connectivity index (χ3v) is 4.97. The summed E-state index contributed by atoms with van der Waals surface area (Å²) in [5.74, 6) is 0.547. The van der Waals surface area contributed by atoms with E-state index in [-0.39, 0.29) is 6.03 Å². The van der Waals surface area contributed by atoms with Gasteiger partial charge in [-0.05, 0) is 49.9 Å². The molecule has 2 heterocycles. The van der Waals surface area contributed by atoms with Gasteiger partial charge in [0.25, 0.3) is 0 Å². The summed E-state index contributed by atoms with van der Waals surface area (Å²) in [6.07, 6.45) is 3.79. The molecule has 2 amide bonds. The zero-order valence-electron chi connectivity index (χ0n) is 16.2. The average Bonchev–Trinajstić information content (AvgIpc) is 3.09. The van der Waals surface area contributed by atoms with E-state index in [1.165, 1.54) is 0 Å². The van der Waals surface area contributed by atoms with E-state index < -0.39 is 0 Å². The quantitative estimate of drug-likeness (QED) is 0.602. The Balaban J connectivity index is 1.66. The molecule has 0 N–H and O–H groups in total. The number of hydrogen-bond acceptors (Lipinski definition) is 4. The predicted octanol–water partition coefficient (Wildman–Crippen LogP) is 5.10. The fraction of sp³-hybridized carbons (Fsp3) is 0.182. The summed E-state index contributed by atoms with van der Waals surface area (Å²) in [6.45, 7) is 2.76. The molecule has 148 valence electrons. The molecule has 4 rings (SSSR count). The van der Waals surface area contributed by atoms with Crippen molar-refractivity contribution in [2.75, 3.05) is 30.2 Å². The van der Waals surface area contributed by atoms with Crippen molar-refractivity contribution in [3.63, 3.8) is 0 Å². The number of benzene rings is 2. The van der Waals surface area contributed by atoms with Gasteiger partial charge < -0.3 is 4.52 Å². The molecule has 0 atom stereocenters. The Kier molecular flexibility index (Phi) is 5.38. The Morgan fingerprint density at radius 3 is 2.41 bits per heavy atom. The van der Waals surface area contributed by atoms with Crippen LogP contribution >= 0.6 is 11.6 Å². The minimum Gasteiger partial charge on any atom is -0.354 e. The van der Waals surface area contributed by atoms with Crippen LogP contribution in [0.25, 0.3) is 12.2 Å². The molecular weight excluding hydrogens is 388 g/mol. The highest BCUT2D eigenvalue weighted by Gasteiger charge is 2.34. The molecule has 0 saturated carbocycles. The number of aromatic nitrogens is 1. The first-order chi connectivity index (χ1) is 14.0. The lowest BCUT2D eigenvalue weighted by Crippen LogP contribution is -2.57. The summed E-state index contributed by atoms with van der Waals surface area (Å²) >= 11 is 6.00. The second kappa shape index (κ2) is 8.11. The number of halogens is 1. The topological polar surface area (TPSA) is 52.8 Å². The van der Waals surface area contributed by atoms with Crippen LogP contribution in [0.15, 0.2) is 59.1 Å². The highest BCUT2D eigenvalue weighted by atomic mass is 35.5. The fourth-order valence-corrected chi connectivity index (χ4v) is 3.46. The maximum atomic E-state index is 13.3. The van der Waals surface area contributed by atoms with Crippen molar-refractivity contribution >= 4 is 41.2 Å². The van der Waals surface area contributed by atoms with Gasteiger partial charge in [0.1, 0.15) is 11.4 Å². The molecule has 3 aromatic rings.